The monoisotopic (exact) mass is 266 g/mol. The van der Waals surface area contributed by atoms with Gasteiger partial charge in [-0.05, 0) is 33.0 Å². The molecule has 1 aromatic rings. The lowest BCUT2D eigenvalue weighted by Crippen LogP contribution is -2.25. The molecule has 0 radical (unpaired) electrons. The molecule has 1 rings (SSSR count). The van der Waals surface area contributed by atoms with E-state index in [1.54, 1.807) is 0 Å². The Hall–Kier alpha value is -1.56. The minimum absolute atomic E-state index is 0.296. The fraction of sp³-hybridized carbons (Fsp3) is 0.692. The Morgan fingerprint density at radius 1 is 1.11 bits per heavy atom. The van der Waals surface area contributed by atoms with E-state index in [1.807, 2.05) is 13.0 Å². The Morgan fingerprint density at radius 2 is 1.74 bits per heavy atom. The molecule has 0 fully saturated rings. The maximum absolute atomic E-state index is 5.67. The number of hydrogen-bond donors (Lipinski definition) is 3. The molecular formula is C13H26N6. The van der Waals surface area contributed by atoms with Gasteiger partial charge in [-0.15, -0.1) is 0 Å². The Balaban J connectivity index is 2.40. The second-order valence-corrected chi connectivity index (χ2v) is 4.33. The summed E-state index contributed by atoms with van der Waals surface area (Å²) in [5.74, 6) is 1.84. The molecule has 108 valence electrons. The van der Waals surface area contributed by atoms with Gasteiger partial charge in [-0.3, -0.25) is 0 Å². The smallest absolute Gasteiger partial charge is 0.223 e. The number of nitrogens with one attached hydrogen (secondary N) is 2. The second kappa shape index (κ2) is 8.53. The molecule has 0 aliphatic rings. The first-order valence-corrected chi connectivity index (χ1v) is 7.04. The summed E-state index contributed by atoms with van der Waals surface area (Å²) in [6, 6.07) is 1.89. The maximum Gasteiger partial charge on any atom is 0.223 e. The van der Waals surface area contributed by atoms with Crippen LogP contribution in [0.4, 0.5) is 17.6 Å². The lowest BCUT2D eigenvalue weighted by molar-refractivity contribution is 0.303. The molecule has 1 aromatic heterocycles. The van der Waals surface area contributed by atoms with Crippen LogP contribution < -0.4 is 16.4 Å². The molecule has 0 spiro atoms. The topological polar surface area (TPSA) is 79.1 Å². The molecule has 0 atom stereocenters. The summed E-state index contributed by atoms with van der Waals surface area (Å²) in [6.45, 7) is 11.4. The van der Waals surface area contributed by atoms with E-state index in [2.05, 4.69) is 39.3 Å². The summed E-state index contributed by atoms with van der Waals surface area (Å²) in [6.07, 6.45) is 1.09. The van der Waals surface area contributed by atoms with Gasteiger partial charge in [0.15, 0.2) is 0 Å². The highest BCUT2D eigenvalue weighted by Gasteiger charge is 2.02. The van der Waals surface area contributed by atoms with E-state index in [-0.39, 0.29) is 0 Å². The predicted octanol–water partition coefficient (Wildman–Crippen LogP) is 1.63. The summed E-state index contributed by atoms with van der Waals surface area (Å²) < 4.78 is 0. The van der Waals surface area contributed by atoms with Gasteiger partial charge in [-0.2, -0.15) is 9.97 Å². The zero-order valence-electron chi connectivity index (χ0n) is 12.2. The van der Waals surface area contributed by atoms with Crippen molar-refractivity contribution in [2.24, 2.45) is 0 Å². The maximum atomic E-state index is 5.67. The van der Waals surface area contributed by atoms with Crippen LogP contribution in [0.15, 0.2) is 6.07 Å². The molecule has 0 aromatic carbocycles. The highest BCUT2D eigenvalue weighted by Crippen LogP contribution is 2.12. The number of nitrogens with zero attached hydrogens (tertiary/aromatic N) is 3. The SMILES string of the molecule is CCNc1cc(NCCCN(CC)CC)nc(N)n1. The summed E-state index contributed by atoms with van der Waals surface area (Å²) in [4.78, 5) is 10.7. The van der Waals surface area contributed by atoms with Crippen molar-refractivity contribution >= 4 is 17.6 Å². The molecule has 0 aliphatic heterocycles. The van der Waals surface area contributed by atoms with Gasteiger partial charge in [-0.25, -0.2) is 0 Å². The van der Waals surface area contributed by atoms with E-state index in [0.29, 0.717) is 5.95 Å². The standard InChI is InChI=1S/C13H26N6/c1-4-15-11-10-12(18-13(14)17-11)16-8-7-9-19(5-2)6-3/h10H,4-9H2,1-3H3,(H4,14,15,16,17,18). The van der Waals surface area contributed by atoms with Gasteiger partial charge in [0.25, 0.3) is 0 Å². The molecule has 1 heterocycles. The van der Waals surface area contributed by atoms with Crippen LogP contribution in [0.3, 0.4) is 0 Å². The minimum Gasteiger partial charge on any atom is -0.370 e. The first kappa shape index (κ1) is 15.5. The van der Waals surface area contributed by atoms with Gasteiger partial charge in [0.1, 0.15) is 11.6 Å². The van der Waals surface area contributed by atoms with Crippen molar-refractivity contribution in [3.63, 3.8) is 0 Å². The van der Waals surface area contributed by atoms with Crippen LogP contribution in [0.5, 0.6) is 0 Å². The van der Waals surface area contributed by atoms with Gasteiger partial charge in [0.05, 0.1) is 0 Å². The highest BCUT2D eigenvalue weighted by atomic mass is 15.1. The summed E-state index contributed by atoms with van der Waals surface area (Å²) >= 11 is 0. The molecule has 0 bridgehead atoms. The van der Waals surface area contributed by atoms with Crippen LogP contribution in [-0.2, 0) is 0 Å². The minimum atomic E-state index is 0.296. The van der Waals surface area contributed by atoms with Crippen molar-refractivity contribution in [3.8, 4) is 0 Å². The number of aromatic nitrogens is 2. The highest BCUT2D eigenvalue weighted by molar-refractivity contribution is 5.50. The van der Waals surface area contributed by atoms with E-state index < -0.39 is 0 Å². The zero-order valence-corrected chi connectivity index (χ0v) is 12.2. The summed E-state index contributed by atoms with van der Waals surface area (Å²) in [5, 5.41) is 6.43. The van der Waals surface area contributed by atoms with Crippen LogP contribution in [-0.4, -0.2) is 47.6 Å². The Bertz CT molecular complexity index is 364. The molecule has 4 N–H and O–H groups in total. The van der Waals surface area contributed by atoms with E-state index in [0.717, 1.165) is 50.8 Å². The molecule has 0 aliphatic carbocycles. The molecule has 19 heavy (non-hydrogen) atoms. The van der Waals surface area contributed by atoms with Crippen LogP contribution in [0.1, 0.15) is 27.2 Å². The average Bonchev–Trinajstić information content (AvgIpc) is 2.39. The quantitative estimate of drug-likeness (QED) is 0.590. The first-order valence-electron chi connectivity index (χ1n) is 7.04. The van der Waals surface area contributed by atoms with Crippen molar-refractivity contribution in [2.45, 2.75) is 27.2 Å². The van der Waals surface area contributed by atoms with Gasteiger partial charge in [0.2, 0.25) is 5.95 Å². The van der Waals surface area contributed by atoms with Gasteiger partial charge in [-0.1, -0.05) is 13.8 Å². The molecule has 0 unspecified atom stereocenters. The van der Waals surface area contributed by atoms with Crippen molar-refractivity contribution in [3.05, 3.63) is 6.07 Å². The van der Waals surface area contributed by atoms with Crippen LogP contribution in [0, 0.1) is 0 Å². The Labute approximate surface area is 115 Å². The zero-order chi connectivity index (χ0) is 14.1. The van der Waals surface area contributed by atoms with Crippen LogP contribution in [0.25, 0.3) is 0 Å². The number of hydrogen-bond acceptors (Lipinski definition) is 6. The number of nitrogens with two attached hydrogens (primary N) is 1. The Morgan fingerprint density at radius 3 is 2.32 bits per heavy atom. The lowest BCUT2D eigenvalue weighted by Gasteiger charge is -2.17. The predicted molar refractivity (Wildman–Crippen MR) is 81.5 cm³/mol. The molecule has 6 nitrogen and oxygen atoms in total. The number of nitrogen functional groups attached to an aromatic ring is 1. The Kier molecular flexibility index (Phi) is 6.95. The summed E-state index contributed by atoms with van der Waals surface area (Å²) in [5.41, 5.74) is 5.67. The van der Waals surface area contributed by atoms with Crippen LogP contribution in [0.2, 0.25) is 0 Å². The molecule has 0 amide bonds. The molecule has 0 saturated heterocycles. The molecule has 6 heteroatoms. The normalized spacial score (nSPS) is 10.7. The first-order chi connectivity index (χ1) is 9.19. The van der Waals surface area contributed by atoms with Crippen LogP contribution >= 0.6 is 0 Å². The number of rotatable bonds is 9. The van der Waals surface area contributed by atoms with Gasteiger partial charge in [0, 0.05) is 19.2 Å². The molecular weight excluding hydrogens is 240 g/mol. The lowest BCUT2D eigenvalue weighted by atomic mass is 10.3. The van der Waals surface area contributed by atoms with E-state index in [1.165, 1.54) is 0 Å². The average molecular weight is 266 g/mol. The summed E-state index contributed by atoms with van der Waals surface area (Å²) in [7, 11) is 0. The van der Waals surface area contributed by atoms with Crippen molar-refractivity contribution in [2.75, 3.05) is 49.1 Å². The van der Waals surface area contributed by atoms with Crippen molar-refractivity contribution in [1.82, 2.24) is 14.9 Å². The largest absolute Gasteiger partial charge is 0.370 e. The number of anilines is 3. The van der Waals surface area contributed by atoms with E-state index in [4.69, 9.17) is 5.73 Å². The van der Waals surface area contributed by atoms with Crippen molar-refractivity contribution < 1.29 is 0 Å². The van der Waals surface area contributed by atoms with Gasteiger partial charge >= 0.3 is 0 Å². The van der Waals surface area contributed by atoms with E-state index in [9.17, 15) is 0 Å². The fourth-order valence-electron chi connectivity index (χ4n) is 1.89. The second-order valence-electron chi connectivity index (χ2n) is 4.33. The third-order valence-electron chi connectivity index (χ3n) is 2.95. The third kappa shape index (κ3) is 5.74. The molecule has 0 saturated carbocycles. The van der Waals surface area contributed by atoms with Crippen molar-refractivity contribution in [1.29, 1.82) is 0 Å². The fourth-order valence-corrected chi connectivity index (χ4v) is 1.89. The van der Waals surface area contributed by atoms with Gasteiger partial charge < -0.3 is 21.3 Å². The third-order valence-corrected chi connectivity index (χ3v) is 2.95. The van der Waals surface area contributed by atoms with E-state index >= 15 is 0 Å².